The van der Waals surface area contributed by atoms with Crippen LogP contribution in [0.4, 0.5) is 0 Å². The van der Waals surface area contributed by atoms with Crippen molar-refractivity contribution in [1.82, 2.24) is 10.2 Å². The first-order valence-corrected chi connectivity index (χ1v) is 6.93. The van der Waals surface area contributed by atoms with Gasteiger partial charge in [0.1, 0.15) is 0 Å². The van der Waals surface area contributed by atoms with Crippen molar-refractivity contribution in [1.29, 1.82) is 0 Å². The van der Waals surface area contributed by atoms with Gasteiger partial charge in [0.2, 0.25) is 0 Å². The highest BCUT2D eigenvalue weighted by molar-refractivity contribution is 4.92. The van der Waals surface area contributed by atoms with Gasteiger partial charge in [-0.25, -0.2) is 0 Å². The smallest absolute Gasteiger partial charge is 0.0730 e. The third kappa shape index (κ3) is 2.01. The molecule has 2 aliphatic heterocycles. The Labute approximate surface area is 98.5 Å². The third-order valence-electron chi connectivity index (χ3n) is 4.75. The number of nitrogens with one attached hydrogen (secondary N) is 1. The summed E-state index contributed by atoms with van der Waals surface area (Å²) in [4.78, 5) is 2.72. The highest BCUT2D eigenvalue weighted by atomic mass is 16.5. The molecule has 3 rings (SSSR count). The van der Waals surface area contributed by atoms with Crippen molar-refractivity contribution in [3.05, 3.63) is 0 Å². The van der Waals surface area contributed by atoms with Crippen LogP contribution in [0.3, 0.4) is 0 Å². The molecule has 0 spiro atoms. The van der Waals surface area contributed by atoms with E-state index in [-0.39, 0.29) is 0 Å². The van der Waals surface area contributed by atoms with Crippen molar-refractivity contribution in [2.24, 2.45) is 5.92 Å². The first kappa shape index (κ1) is 11.0. The summed E-state index contributed by atoms with van der Waals surface area (Å²) >= 11 is 0. The van der Waals surface area contributed by atoms with Gasteiger partial charge in [0.05, 0.1) is 12.7 Å². The van der Waals surface area contributed by atoms with Crippen molar-refractivity contribution < 1.29 is 4.74 Å². The lowest BCUT2D eigenvalue weighted by Gasteiger charge is -2.39. The van der Waals surface area contributed by atoms with Crippen LogP contribution in [0.25, 0.3) is 0 Å². The van der Waals surface area contributed by atoms with Gasteiger partial charge in [-0.15, -0.1) is 0 Å². The second-order valence-corrected chi connectivity index (χ2v) is 5.69. The summed E-state index contributed by atoms with van der Waals surface area (Å²) in [5, 5.41) is 3.56. The molecular weight excluding hydrogens is 200 g/mol. The van der Waals surface area contributed by atoms with Crippen LogP contribution >= 0.6 is 0 Å². The molecule has 2 heterocycles. The van der Waals surface area contributed by atoms with E-state index in [1.54, 1.807) is 0 Å². The molecule has 4 unspecified atom stereocenters. The zero-order chi connectivity index (χ0) is 11.0. The number of nitrogens with zero attached hydrogens (tertiary/aromatic N) is 1. The molecule has 0 radical (unpaired) electrons. The van der Waals surface area contributed by atoms with Crippen molar-refractivity contribution >= 4 is 0 Å². The van der Waals surface area contributed by atoms with Gasteiger partial charge in [0, 0.05) is 25.2 Å². The number of rotatable bonds is 2. The fraction of sp³-hybridized carbons (Fsp3) is 1.00. The highest BCUT2D eigenvalue weighted by Crippen LogP contribution is 2.31. The predicted octanol–water partition coefficient (Wildman–Crippen LogP) is 1.24. The van der Waals surface area contributed by atoms with Crippen molar-refractivity contribution in [2.75, 3.05) is 26.2 Å². The Balaban J connectivity index is 1.60. The molecule has 3 nitrogen and oxygen atoms in total. The lowest BCUT2D eigenvalue weighted by atomic mass is 9.99. The fourth-order valence-corrected chi connectivity index (χ4v) is 3.70. The zero-order valence-corrected chi connectivity index (χ0v) is 10.3. The summed E-state index contributed by atoms with van der Waals surface area (Å²) in [5.41, 5.74) is 0. The van der Waals surface area contributed by atoms with Gasteiger partial charge < -0.3 is 10.1 Å². The van der Waals surface area contributed by atoms with E-state index in [2.05, 4.69) is 17.1 Å². The molecule has 3 fully saturated rings. The molecule has 0 amide bonds. The van der Waals surface area contributed by atoms with Crippen LogP contribution in [0.15, 0.2) is 0 Å². The maximum absolute atomic E-state index is 5.87. The number of morpholine rings is 1. The summed E-state index contributed by atoms with van der Waals surface area (Å²) in [6.45, 7) is 6.95. The number of hydrogen-bond donors (Lipinski definition) is 1. The molecule has 2 saturated heterocycles. The molecule has 1 saturated carbocycles. The number of hydrogen-bond acceptors (Lipinski definition) is 3. The second kappa shape index (κ2) is 4.63. The van der Waals surface area contributed by atoms with Crippen LogP contribution in [0, 0.1) is 5.92 Å². The lowest BCUT2D eigenvalue weighted by Crippen LogP contribution is -2.50. The Hall–Kier alpha value is -0.120. The topological polar surface area (TPSA) is 24.5 Å². The van der Waals surface area contributed by atoms with Gasteiger partial charge in [-0.2, -0.15) is 0 Å². The maximum Gasteiger partial charge on any atom is 0.0730 e. The zero-order valence-electron chi connectivity index (χ0n) is 10.3. The molecular formula is C13H24N2O. The van der Waals surface area contributed by atoms with Gasteiger partial charge >= 0.3 is 0 Å². The van der Waals surface area contributed by atoms with Crippen LogP contribution in [-0.4, -0.2) is 49.3 Å². The van der Waals surface area contributed by atoms with Gasteiger partial charge in [-0.1, -0.05) is 0 Å². The average molecular weight is 224 g/mol. The third-order valence-corrected chi connectivity index (χ3v) is 4.75. The van der Waals surface area contributed by atoms with E-state index in [0.717, 1.165) is 25.1 Å². The molecule has 0 aromatic carbocycles. The van der Waals surface area contributed by atoms with E-state index in [1.807, 2.05) is 0 Å². The standard InChI is InChI=1S/C13H24N2O/c1-10-11(5-6-14-10)9-15-7-8-16-13-4-2-3-12(13)15/h10-14H,2-9H2,1H3. The molecule has 4 atom stereocenters. The quantitative estimate of drug-likeness (QED) is 0.764. The van der Waals surface area contributed by atoms with Crippen LogP contribution < -0.4 is 5.32 Å². The first-order valence-electron chi connectivity index (χ1n) is 6.93. The number of fused-ring (bicyclic) bond motifs is 1. The lowest BCUT2D eigenvalue weighted by molar-refractivity contribution is -0.0604. The van der Waals surface area contributed by atoms with Gasteiger partial charge in [0.15, 0.2) is 0 Å². The molecule has 92 valence electrons. The van der Waals surface area contributed by atoms with Crippen LogP contribution in [0.2, 0.25) is 0 Å². The van der Waals surface area contributed by atoms with Crippen LogP contribution in [0.1, 0.15) is 32.6 Å². The molecule has 0 bridgehead atoms. The van der Waals surface area contributed by atoms with E-state index >= 15 is 0 Å². The molecule has 0 aromatic heterocycles. The van der Waals surface area contributed by atoms with Crippen LogP contribution in [0.5, 0.6) is 0 Å². The second-order valence-electron chi connectivity index (χ2n) is 5.69. The van der Waals surface area contributed by atoms with E-state index in [0.29, 0.717) is 12.1 Å². The summed E-state index contributed by atoms with van der Waals surface area (Å²) in [6.07, 6.45) is 5.93. The first-order chi connectivity index (χ1) is 7.84. The minimum absolute atomic E-state index is 0.554. The molecule has 3 heteroatoms. The molecule has 1 aliphatic carbocycles. The molecule has 3 aliphatic rings. The summed E-state index contributed by atoms with van der Waals surface area (Å²) in [5.74, 6) is 0.861. The van der Waals surface area contributed by atoms with Crippen LogP contribution in [-0.2, 0) is 4.74 Å². The Kier molecular flexibility index (Phi) is 3.18. The predicted molar refractivity (Wildman–Crippen MR) is 64.5 cm³/mol. The highest BCUT2D eigenvalue weighted by Gasteiger charge is 2.37. The van der Waals surface area contributed by atoms with Gasteiger partial charge in [-0.05, 0) is 45.1 Å². The maximum atomic E-state index is 5.87. The number of ether oxygens (including phenoxy) is 1. The monoisotopic (exact) mass is 224 g/mol. The largest absolute Gasteiger partial charge is 0.375 e. The Bertz CT molecular complexity index is 246. The van der Waals surface area contributed by atoms with Crippen molar-refractivity contribution in [3.63, 3.8) is 0 Å². The van der Waals surface area contributed by atoms with E-state index in [9.17, 15) is 0 Å². The summed E-state index contributed by atoms with van der Waals surface area (Å²) in [7, 11) is 0. The SMILES string of the molecule is CC1NCCC1CN1CCOC2CCCC21. The van der Waals surface area contributed by atoms with E-state index in [1.165, 1.54) is 38.8 Å². The van der Waals surface area contributed by atoms with Gasteiger partial charge in [0.25, 0.3) is 0 Å². The van der Waals surface area contributed by atoms with Gasteiger partial charge in [-0.3, -0.25) is 4.90 Å². The molecule has 0 aromatic rings. The Morgan fingerprint density at radius 3 is 3.06 bits per heavy atom. The van der Waals surface area contributed by atoms with E-state index in [4.69, 9.17) is 4.74 Å². The minimum atomic E-state index is 0.554. The minimum Gasteiger partial charge on any atom is -0.375 e. The summed E-state index contributed by atoms with van der Waals surface area (Å²) in [6, 6.07) is 1.45. The normalized spacial score (nSPS) is 44.8. The van der Waals surface area contributed by atoms with E-state index < -0.39 is 0 Å². The molecule has 1 N–H and O–H groups in total. The Morgan fingerprint density at radius 2 is 2.25 bits per heavy atom. The fourth-order valence-electron chi connectivity index (χ4n) is 3.70. The van der Waals surface area contributed by atoms with Crippen molar-refractivity contribution in [2.45, 2.75) is 50.8 Å². The van der Waals surface area contributed by atoms with Crippen molar-refractivity contribution in [3.8, 4) is 0 Å². The molecule has 16 heavy (non-hydrogen) atoms. The average Bonchev–Trinajstić information content (AvgIpc) is 2.89. The summed E-state index contributed by atoms with van der Waals surface area (Å²) < 4.78 is 5.87. The Morgan fingerprint density at radius 1 is 1.31 bits per heavy atom.